The van der Waals surface area contributed by atoms with Crippen molar-refractivity contribution in [3.63, 3.8) is 0 Å². The van der Waals surface area contributed by atoms with Crippen molar-refractivity contribution in [1.82, 2.24) is 10.6 Å². The average molecular weight is 290 g/mol. The average Bonchev–Trinajstić information content (AvgIpc) is 2.41. The first-order valence-electron chi connectivity index (χ1n) is 6.06. The second-order valence-corrected chi connectivity index (χ2v) is 4.14. The number of carbonyl (C=O) groups excluding carboxylic acids is 1. The zero-order valence-corrected chi connectivity index (χ0v) is 11.1. The molecule has 7 heteroatoms. The van der Waals surface area contributed by atoms with E-state index in [0.29, 0.717) is 18.7 Å². The van der Waals surface area contributed by atoms with Crippen LogP contribution in [0.1, 0.15) is 11.1 Å². The third kappa shape index (κ3) is 6.03. The van der Waals surface area contributed by atoms with E-state index in [2.05, 4.69) is 10.6 Å². The minimum absolute atomic E-state index is 0.0642. The normalized spacial score (nSPS) is 11.4. The van der Waals surface area contributed by atoms with Crippen molar-refractivity contribution < 1.29 is 22.7 Å². The molecule has 0 heterocycles. The van der Waals surface area contributed by atoms with Gasteiger partial charge in [-0.2, -0.15) is 13.2 Å². The van der Waals surface area contributed by atoms with Crippen molar-refractivity contribution in [2.75, 3.05) is 26.8 Å². The number of ether oxygens (including phenoxy) is 1. The molecule has 0 atom stereocenters. The third-order valence-corrected chi connectivity index (χ3v) is 2.51. The van der Waals surface area contributed by atoms with E-state index in [-0.39, 0.29) is 19.0 Å². The molecule has 0 bridgehead atoms. The molecule has 20 heavy (non-hydrogen) atoms. The summed E-state index contributed by atoms with van der Waals surface area (Å²) in [6, 6.07) is 4.88. The molecule has 1 aromatic carbocycles. The lowest BCUT2D eigenvalue weighted by Gasteiger charge is -2.10. The highest BCUT2D eigenvalue weighted by Gasteiger charge is 2.30. The van der Waals surface area contributed by atoms with Crippen LogP contribution in [0.15, 0.2) is 24.3 Å². The van der Waals surface area contributed by atoms with Gasteiger partial charge in [0.1, 0.15) is 0 Å². The Morgan fingerprint density at radius 3 is 2.75 bits per heavy atom. The maximum atomic E-state index is 12.5. The zero-order valence-electron chi connectivity index (χ0n) is 11.1. The van der Waals surface area contributed by atoms with E-state index in [0.717, 1.165) is 12.1 Å². The molecule has 0 radical (unpaired) electrons. The van der Waals surface area contributed by atoms with Crippen LogP contribution >= 0.6 is 0 Å². The molecular formula is C13H17F3N2O2. The Balaban J connectivity index is 2.40. The Kier molecular flexibility index (Phi) is 6.47. The Labute approximate surface area is 115 Å². The first-order chi connectivity index (χ1) is 9.43. The highest BCUT2D eigenvalue weighted by atomic mass is 19.4. The number of hydrogen-bond acceptors (Lipinski definition) is 3. The minimum Gasteiger partial charge on any atom is -0.383 e. The van der Waals surface area contributed by atoms with Gasteiger partial charge in [-0.25, -0.2) is 0 Å². The van der Waals surface area contributed by atoms with Gasteiger partial charge in [0.15, 0.2) is 0 Å². The number of benzene rings is 1. The molecule has 0 unspecified atom stereocenters. The zero-order chi connectivity index (χ0) is 15.0. The predicted octanol–water partition coefficient (Wildman–Crippen LogP) is 1.56. The molecule has 0 aliphatic rings. The summed E-state index contributed by atoms with van der Waals surface area (Å²) in [6.45, 7) is 1.19. The number of rotatable bonds is 7. The lowest BCUT2D eigenvalue weighted by molar-refractivity contribution is -0.137. The van der Waals surface area contributed by atoms with Gasteiger partial charge in [0, 0.05) is 20.2 Å². The molecule has 0 aromatic heterocycles. The van der Waals surface area contributed by atoms with Gasteiger partial charge in [-0.3, -0.25) is 4.79 Å². The lowest BCUT2D eigenvalue weighted by atomic mass is 10.1. The van der Waals surface area contributed by atoms with Crippen molar-refractivity contribution in [3.05, 3.63) is 35.4 Å². The number of halogens is 3. The van der Waals surface area contributed by atoms with Gasteiger partial charge in [-0.05, 0) is 17.7 Å². The summed E-state index contributed by atoms with van der Waals surface area (Å²) in [5.74, 6) is -0.279. The molecule has 0 spiro atoms. The molecule has 1 aromatic rings. The second kappa shape index (κ2) is 7.86. The van der Waals surface area contributed by atoms with Crippen LogP contribution in [0.25, 0.3) is 0 Å². The van der Waals surface area contributed by atoms with Gasteiger partial charge in [-0.1, -0.05) is 12.1 Å². The maximum absolute atomic E-state index is 12.5. The Hall–Kier alpha value is -1.60. The fourth-order valence-electron chi connectivity index (χ4n) is 1.50. The monoisotopic (exact) mass is 290 g/mol. The number of hydrogen-bond donors (Lipinski definition) is 2. The van der Waals surface area contributed by atoms with E-state index in [9.17, 15) is 18.0 Å². The van der Waals surface area contributed by atoms with Crippen molar-refractivity contribution in [2.24, 2.45) is 0 Å². The largest absolute Gasteiger partial charge is 0.416 e. The molecule has 0 aliphatic heterocycles. The van der Waals surface area contributed by atoms with Gasteiger partial charge in [0.25, 0.3) is 0 Å². The van der Waals surface area contributed by atoms with Crippen LogP contribution in [0.3, 0.4) is 0 Å². The predicted molar refractivity (Wildman–Crippen MR) is 68.0 cm³/mol. The van der Waals surface area contributed by atoms with Crippen LogP contribution < -0.4 is 10.6 Å². The Bertz CT molecular complexity index is 436. The highest BCUT2D eigenvalue weighted by Crippen LogP contribution is 2.29. The minimum atomic E-state index is -4.37. The van der Waals surface area contributed by atoms with Crippen molar-refractivity contribution >= 4 is 5.91 Å². The summed E-state index contributed by atoms with van der Waals surface area (Å²) in [5, 5.41) is 5.39. The van der Waals surface area contributed by atoms with Crippen LogP contribution in [0, 0.1) is 0 Å². The van der Waals surface area contributed by atoms with Crippen LogP contribution in [-0.2, 0) is 22.3 Å². The van der Waals surface area contributed by atoms with Crippen molar-refractivity contribution in [3.8, 4) is 0 Å². The molecular weight excluding hydrogens is 273 g/mol. The van der Waals surface area contributed by atoms with Crippen molar-refractivity contribution in [1.29, 1.82) is 0 Å². The number of alkyl halides is 3. The van der Waals surface area contributed by atoms with Crippen LogP contribution in [0.5, 0.6) is 0 Å². The quantitative estimate of drug-likeness (QED) is 0.749. The molecule has 1 amide bonds. The topological polar surface area (TPSA) is 50.4 Å². The summed E-state index contributed by atoms with van der Waals surface area (Å²) in [6.07, 6.45) is -4.37. The Morgan fingerprint density at radius 1 is 1.35 bits per heavy atom. The smallest absolute Gasteiger partial charge is 0.383 e. The molecule has 0 fully saturated rings. The van der Waals surface area contributed by atoms with E-state index in [1.165, 1.54) is 12.1 Å². The number of nitrogens with one attached hydrogen (secondary N) is 2. The van der Waals surface area contributed by atoms with E-state index < -0.39 is 11.7 Å². The van der Waals surface area contributed by atoms with Crippen molar-refractivity contribution in [2.45, 2.75) is 12.7 Å². The molecule has 0 aliphatic carbocycles. The summed E-state index contributed by atoms with van der Waals surface area (Å²) < 4.78 is 42.3. The van der Waals surface area contributed by atoms with E-state index in [4.69, 9.17) is 4.74 Å². The summed E-state index contributed by atoms with van der Waals surface area (Å²) in [7, 11) is 1.55. The van der Waals surface area contributed by atoms with Crippen LogP contribution in [0.2, 0.25) is 0 Å². The van der Waals surface area contributed by atoms with Gasteiger partial charge < -0.3 is 15.4 Å². The molecule has 2 N–H and O–H groups in total. The van der Waals surface area contributed by atoms with E-state index in [1.807, 2.05) is 0 Å². The molecule has 1 rings (SSSR count). The molecule has 0 saturated carbocycles. The summed E-state index contributed by atoms with van der Waals surface area (Å²) >= 11 is 0. The lowest BCUT2D eigenvalue weighted by Crippen LogP contribution is -2.34. The summed E-state index contributed by atoms with van der Waals surface area (Å²) in [5.41, 5.74) is -0.312. The van der Waals surface area contributed by atoms with Crippen LogP contribution in [0.4, 0.5) is 13.2 Å². The number of carbonyl (C=O) groups is 1. The van der Waals surface area contributed by atoms with E-state index >= 15 is 0 Å². The Morgan fingerprint density at radius 2 is 2.10 bits per heavy atom. The first kappa shape index (κ1) is 16.5. The first-order valence-corrected chi connectivity index (χ1v) is 6.06. The van der Waals surface area contributed by atoms with Gasteiger partial charge in [0.2, 0.25) is 5.91 Å². The van der Waals surface area contributed by atoms with E-state index in [1.54, 1.807) is 7.11 Å². The van der Waals surface area contributed by atoms with Gasteiger partial charge >= 0.3 is 6.18 Å². The molecule has 112 valence electrons. The fourth-order valence-corrected chi connectivity index (χ4v) is 1.50. The second-order valence-electron chi connectivity index (χ2n) is 4.14. The summed E-state index contributed by atoms with van der Waals surface area (Å²) in [4.78, 5) is 11.4. The van der Waals surface area contributed by atoms with Gasteiger partial charge in [-0.15, -0.1) is 0 Å². The third-order valence-electron chi connectivity index (χ3n) is 2.51. The highest BCUT2D eigenvalue weighted by molar-refractivity contribution is 5.77. The number of methoxy groups -OCH3 is 1. The number of amides is 1. The molecule has 0 saturated heterocycles. The molecule has 4 nitrogen and oxygen atoms in total. The fraction of sp³-hybridized carbons (Fsp3) is 0.462. The SMILES string of the molecule is COCCNCC(=O)NCc1cccc(C(F)(F)F)c1. The maximum Gasteiger partial charge on any atom is 0.416 e. The van der Waals surface area contributed by atoms with Crippen LogP contribution in [-0.4, -0.2) is 32.7 Å². The standard InChI is InChI=1S/C13H17F3N2O2/c1-20-6-5-17-9-12(19)18-8-10-3-2-4-11(7-10)13(14,15)16/h2-4,7,17H,5-6,8-9H2,1H3,(H,18,19). The van der Waals surface area contributed by atoms with Gasteiger partial charge in [0.05, 0.1) is 18.7 Å².